The minimum atomic E-state index is -0.925. The summed E-state index contributed by atoms with van der Waals surface area (Å²) in [6.07, 6.45) is 0.489. The van der Waals surface area contributed by atoms with Crippen LogP contribution in [0.4, 0.5) is 9.93 Å². The van der Waals surface area contributed by atoms with Crippen molar-refractivity contribution in [3.63, 3.8) is 0 Å². The summed E-state index contributed by atoms with van der Waals surface area (Å²) in [6, 6.07) is -0.830. The van der Waals surface area contributed by atoms with Crippen LogP contribution in [0.3, 0.4) is 0 Å². The first-order chi connectivity index (χ1) is 9.56. The lowest BCUT2D eigenvalue weighted by atomic mass is 9.87. The molecule has 2 amide bonds. The van der Waals surface area contributed by atoms with Gasteiger partial charge in [0.05, 0.1) is 12.1 Å². The van der Waals surface area contributed by atoms with E-state index in [0.717, 1.165) is 10.6 Å². The van der Waals surface area contributed by atoms with Crippen molar-refractivity contribution in [2.45, 2.75) is 53.5 Å². The molecule has 21 heavy (non-hydrogen) atoms. The van der Waals surface area contributed by atoms with Gasteiger partial charge in [-0.1, -0.05) is 20.8 Å². The van der Waals surface area contributed by atoms with Crippen LogP contribution >= 0.6 is 11.3 Å². The molecule has 0 aliphatic heterocycles. The molecule has 7 heteroatoms. The fourth-order valence-corrected chi connectivity index (χ4v) is 2.78. The lowest BCUT2D eigenvalue weighted by Gasteiger charge is -2.25. The Morgan fingerprint density at radius 3 is 2.38 bits per heavy atom. The molecular formula is C14H23N3O3S. The van der Waals surface area contributed by atoms with Crippen molar-refractivity contribution in [1.82, 2.24) is 10.3 Å². The van der Waals surface area contributed by atoms with Gasteiger partial charge in [-0.05, 0) is 25.7 Å². The zero-order chi connectivity index (χ0) is 16.2. The molecule has 0 radical (unpaired) electrons. The van der Waals surface area contributed by atoms with Crippen molar-refractivity contribution < 1.29 is 14.7 Å². The second kappa shape index (κ2) is 6.89. The molecule has 1 unspecified atom stereocenters. The summed E-state index contributed by atoms with van der Waals surface area (Å²) >= 11 is 1.40. The highest BCUT2D eigenvalue weighted by Crippen LogP contribution is 2.23. The molecule has 1 aromatic heterocycles. The molecular weight excluding hydrogens is 290 g/mol. The zero-order valence-corrected chi connectivity index (χ0v) is 13.9. The first kappa shape index (κ1) is 17.4. The van der Waals surface area contributed by atoms with E-state index in [1.54, 1.807) is 0 Å². The number of aryl methyl sites for hydroxylation is 2. The number of rotatable bonds is 5. The third kappa shape index (κ3) is 6.57. The maximum Gasteiger partial charge on any atom is 0.321 e. The lowest BCUT2D eigenvalue weighted by Crippen LogP contribution is -2.41. The number of anilines is 1. The first-order valence-corrected chi connectivity index (χ1v) is 7.62. The number of carbonyl (C=O) groups is 2. The summed E-state index contributed by atoms with van der Waals surface area (Å²) in [6.45, 7) is 9.84. The third-order valence-corrected chi connectivity index (χ3v) is 3.85. The van der Waals surface area contributed by atoms with Crippen molar-refractivity contribution in [1.29, 1.82) is 0 Å². The lowest BCUT2D eigenvalue weighted by molar-refractivity contribution is -0.137. The minimum absolute atomic E-state index is 0.0677. The van der Waals surface area contributed by atoms with Crippen LogP contribution in [-0.2, 0) is 4.79 Å². The monoisotopic (exact) mass is 313 g/mol. The van der Waals surface area contributed by atoms with E-state index in [-0.39, 0.29) is 11.8 Å². The average molecular weight is 313 g/mol. The van der Waals surface area contributed by atoms with Crippen molar-refractivity contribution in [2.75, 3.05) is 5.32 Å². The number of aromatic nitrogens is 1. The van der Waals surface area contributed by atoms with Crippen molar-refractivity contribution >= 4 is 28.5 Å². The Kier molecular flexibility index (Phi) is 5.71. The van der Waals surface area contributed by atoms with Gasteiger partial charge in [-0.15, -0.1) is 11.3 Å². The maximum atomic E-state index is 12.0. The molecule has 0 aromatic carbocycles. The number of amides is 2. The van der Waals surface area contributed by atoms with Gasteiger partial charge >= 0.3 is 12.0 Å². The van der Waals surface area contributed by atoms with E-state index >= 15 is 0 Å². The topological polar surface area (TPSA) is 91.3 Å². The number of carboxylic acid groups (broad SMARTS) is 1. The molecule has 118 valence electrons. The van der Waals surface area contributed by atoms with Gasteiger partial charge in [0.15, 0.2) is 5.13 Å². The summed E-state index contributed by atoms with van der Waals surface area (Å²) < 4.78 is 0. The quantitative estimate of drug-likeness (QED) is 0.778. The fraction of sp³-hybridized carbons (Fsp3) is 0.643. The van der Waals surface area contributed by atoms with E-state index in [1.807, 2.05) is 34.6 Å². The van der Waals surface area contributed by atoms with Gasteiger partial charge in [0.1, 0.15) is 0 Å². The number of hydrogen-bond acceptors (Lipinski definition) is 4. The third-order valence-electron chi connectivity index (χ3n) is 2.86. The summed E-state index contributed by atoms with van der Waals surface area (Å²) in [4.78, 5) is 28.1. The average Bonchev–Trinajstić information content (AvgIpc) is 2.53. The van der Waals surface area contributed by atoms with Gasteiger partial charge in [-0.3, -0.25) is 10.1 Å². The van der Waals surface area contributed by atoms with E-state index in [4.69, 9.17) is 5.11 Å². The maximum absolute atomic E-state index is 12.0. The molecule has 0 bridgehead atoms. The van der Waals surface area contributed by atoms with Crippen LogP contribution in [0.25, 0.3) is 0 Å². The second-order valence-corrected chi connectivity index (χ2v) is 7.52. The molecule has 0 aliphatic carbocycles. The van der Waals surface area contributed by atoms with Crippen LogP contribution in [0.2, 0.25) is 0 Å². The predicted octanol–water partition coefficient (Wildman–Crippen LogP) is 3.16. The molecule has 1 rings (SSSR count). The van der Waals surface area contributed by atoms with Crippen LogP contribution in [0.5, 0.6) is 0 Å². The number of thiazole rings is 1. The van der Waals surface area contributed by atoms with Crippen LogP contribution in [0, 0.1) is 19.3 Å². The minimum Gasteiger partial charge on any atom is -0.481 e. The van der Waals surface area contributed by atoms with Crippen LogP contribution < -0.4 is 10.6 Å². The van der Waals surface area contributed by atoms with Crippen LogP contribution in [0.1, 0.15) is 44.2 Å². The first-order valence-electron chi connectivity index (χ1n) is 6.80. The summed E-state index contributed by atoms with van der Waals surface area (Å²) in [7, 11) is 0. The molecule has 0 spiro atoms. The van der Waals surface area contributed by atoms with E-state index in [9.17, 15) is 9.59 Å². The highest BCUT2D eigenvalue weighted by Gasteiger charge is 2.23. The Balaban J connectivity index is 2.64. The molecule has 6 nitrogen and oxygen atoms in total. The molecule has 0 saturated carbocycles. The molecule has 0 aliphatic rings. The SMILES string of the molecule is Cc1nc(NC(=O)NC(CC(=O)O)CC(C)(C)C)sc1C. The number of carbonyl (C=O) groups excluding carboxylic acids is 1. The van der Waals surface area contributed by atoms with E-state index in [0.29, 0.717) is 11.6 Å². The Labute approximate surface area is 129 Å². The Bertz CT molecular complexity index is 501. The van der Waals surface area contributed by atoms with Gasteiger partial charge in [0.25, 0.3) is 0 Å². The highest BCUT2D eigenvalue weighted by atomic mass is 32.1. The highest BCUT2D eigenvalue weighted by molar-refractivity contribution is 7.15. The standard InChI is InChI=1S/C14H23N3O3S/c1-8-9(2)21-13(15-8)17-12(20)16-10(6-11(18)19)7-14(3,4)5/h10H,6-7H2,1-5H3,(H,18,19)(H2,15,16,17,20). The number of aliphatic carboxylic acids is 1. The Morgan fingerprint density at radius 1 is 1.33 bits per heavy atom. The molecule has 0 saturated heterocycles. The molecule has 1 heterocycles. The number of carboxylic acids is 1. The van der Waals surface area contributed by atoms with Crippen molar-refractivity contribution in [3.8, 4) is 0 Å². The molecule has 1 aromatic rings. The summed E-state index contributed by atoms with van der Waals surface area (Å²) in [5.41, 5.74) is 0.814. The van der Waals surface area contributed by atoms with Crippen molar-refractivity contribution in [2.24, 2.45) is 5.41 Å². The van der Waals surface area contributed by atoms with Crippen LogP contribution in [0.15, 0.2) is 0 Å². The molecule has 0 fully saturated rings. The summed E-state index contributed by atoms with van der Waals surface area (Å²) in [5, 5.41) is 14.8. The Morgan fingerprint density at radius 2 is 1.95 bits per heavy atom. The predicted molar refractivity (Wildman–Crippen MR) is 83.9 cm³/mol. The van der Waals surface area contributed by atoms with Gasteiger partial charge in [0, 0.05) is 10.9 Å². The van der Waals surface area contributed by atoms with Crippen LogP contribution in [-0.4, -0.2) is 28.1 Å². The summed E-state index contributed by atoms with van der Waals surface area (Å²) in [5.74, 6) is -0.925. The normalized spacial score (nSPS) is 12.8. The number of urea groups is 1. The number of nitrogens with one attached hydrogen (secondary N) is 2. The second-order valence-electron chi connectivity index (χ2n) is 6.32. The van der Waals surface area contributed by atoms with Crippen molar-refractivity contribution in [3.05, 3.63) is 10.6 Å². The molecule has 1 atom stereocenters. The zero-order valence-electron chi connectivity index (χ0n) is 13.1. The van der Waals surface area contributed by atoms with Gasteiger partial charge in [0.2, 0.25) is 0 Å². The smallest absolute Gasteiger partial charge is 0.321 e. The fourth-order valence-electron chi connectivity index (χ4n) is 1.97. The largest absolute Gasteiger partial charge is 0.481 e. The van der Waals surface area contributed by atoms with E-state index in [2.05, 4.69) is 15.6 Å². The Hall–Kier alpha value is -1.63. The van der Waals surface area contributed by atoms with E-state index < -0.39 is 18.0 Å². The number of nitrogens with zero attached hydrogens (tertiary/aromatic N) is 1. The molecule has 3 N–H and O–H groups in total. The van der Waals surface area contributed by atoms with E-state index in [1.165, 1.54) is 11.3 Å². The van der Waals surface area contributed by atoms with Gasteiger partial charge < -0.3 is 10.4 Å². The van der Waals surface area contributed by atoms with Gasteiger partial charge in [-0.2, -0.15) is 0 Å². The number of hydrogen-bond donors (Lipinski definition) is 3. The van der Waals surface area contributed by atoms with Gasteiger partial charge in [-0.25, -0.2) is 9.78 Å².